The summed E-state index contributed by atoms with van der Waals surface area (Å²) in [5, 5.41) is 3.19. The molecule has 0 aromatic heterocycles. The maximum atomic E-state index is 13.5. The molecule has 6 nitrogen and oxygen atoms in total. The number of nitrogens with zero attached hydrogens (tertiary/aromatic N) is 1. The number of carbonyl (C=O) groups excluding carboxylic acids is 2. The molecular weight excluding hydrogens is 404 g/mol. The second-order valence-corrected chi connectivity index (χ2v) is 8.32. The lowest BCUT2D eigenvalue weighted by Gasteiger charge is -2.34. The number of ether oxygens (including phenoxy) is 2. The highest BCUT2D eigenvalue weighted by molar-refractivity contribution is 6.27. The van der Waals surface area contributed by atoms with Crippen molar-refractivity contribution in [2.24, 2.45) is 5.92 Å². The molecule has 0 saturated heterocycles. The van der Waals surface area contributed by atoms with Crippen LogP contribution in [0.5, 0.6) is 11.5 Å². The molecule has 2 amide bonds. The average Bonchev–Trinajstić information content (AvgIpc) is 2.77. The number of nitrogens with one attached hydrogen (secondary N) is 1. The minimum Gasteiger partial charge on any atom is -0.493 e. The first-order valence-corrected chi connectivity index (χ1v) is 11.4. The molecule has 1 aromatic rings. The number of hydrogen-bond acceptors (Lipinski definition) is 4. The summed E-state index contributed by atoms with van der Waals surface area (Å²) in [4.78, 5) is 27.8. The second-order valence-electron chi connectivity index (χ2n) is 8.06. The number of alkyl halides is 1. The van der Waals surface area contributed by atoms with Crippen LogP contribution in [0.3, 0.4) is 0 Å². The van der Waals surface area contributed by atoms with Gasteiger partial charge < -0.3 is 19.7 Å². The Kier molecular flexibility index (Phi) is 9.76. The molecule has 1 atom stereocenters. The Balaban J connectivity index is 2.37. The average molecular weight is 439 g/mol. The molecule has 1 unspecified atom stereocenters. The first-order valence-electron chi connectivity index (χ1n) is 10.8. The van der Waals surface area contributed by atoms with E-state index in [1.807, 2.05) is 6.07 Å². The Morgan fingerprint density at radius 2 is 1.83 bits per heavy atom. The molecule has 1 fully saturated rings. The van der Waals surface area contributed by atoms with Gasteiger partial charge in [0, 0.05) is 12.6 Å². The van der Waals surface area contributed by atoms with Gasteiger partial charge in [0.05, 0.1) is 14.2 Å². The molecule has 0 bridgehead atoms. The smallest absolute Gasteiger partial charge is 0.247 e. The SMILES string of the molecule is CCCCN(C(=O)CCl)C(C(=O)NC1CCC(C)CC1)c1ccc(OC)c(OC)c1. The van der Waals surface area contributed by atoms with E-state index < -0.39 is 6.04 Å². The fourth-order valence-electron chi connectivity index (χ4n) is 3.98. The van der Waals surface area contributed by atoms with Gasteiger partial charge in [-0.05, 0) is 55.7 Å². The minimum atomic E-state index is -0.762. The molecule has 30 heavy (non-hydrogen) atoms. The van der Waals surface area contributed by atoms with E-state index in [4.69, 9.17) is 21.1 Å². The lowest BCUT2D eigenvalue weighted by molar-refractivity contribution is -0.139. The summed E-state index contributed by atoms with van der Waals surface area (Å²) in [6.07, 6.45) is 5.83. The van der Waals surface area contributed by atoms with Gasteiger partial charge >= 0.3 is 0 Å². The lowest BCUT2D eigenvalue weighted by atomic mass is 9.87. The molecule has 0 radical (unpaired) electrons. The Morgan fingerprint density at radius 3 is 2.40 bits per heavy atom. The maximum absolute atomic E-state index is 13.5. The molecule has 1 aromatic carbocycles. The van der Waals surface area contributed by atoms with Crippen LogP contribution in [0, 0.1) is 5.92 Å². The number of rotatable bonds is 10. The van der Waals surface area contributed by atoms with Crippen molar-refractivity contribution >= 4 is 23.4 Å². The number of methoxy groups -OCH3 is 2. The van der Waals surface area contributed by atoms with Crippen LogP contribution in [0.25, 0.3) is 0 Å². The number of hydrogen-bond donors (Lipinski definition) is 1. The van der Waals surface area contributed by atoms with Crippen LogP contribution in [0.2, 0.25) is 0 Å². The summed E-state index contributed by atoms with van der Waals surface area (Å²) in [5.74, 6) is 1.20. The standard InChI is InChI=1S/C23H35ClN2O4/c1-5-6-13-26(21(27)15-24)22(17-9-12-19(29-3)20(14-17)30-4)23(28)25-18-10-7-16(2)8-11-18/h9,12,14,16,18,22H,5-8,10-11,13,15H2,1-4H3,(H,25,28). The number of halogens is 1. The van der Waals surface area contributed by atoms with Crippen LogP contribution in [0.4, 0.5) is 0 Å². The predicted molar refractivity (Wildman–Crippen MR) is 119 cm³/mol. The van der Waals surface area contributed by atoms with Crippen molar-refractivity contribution in [3.63, 3.8) is 0 Å². The van der Waals surface area contributed by atoms with E-state index in [0.29, 0.717) is 29.5 Å². The fourth-order valence-corrected chi connectivity index (χ4v) is 4.14. The normalized spacial score (nSPS) is 19.6. The van der Waals surface area contributed by atoms with Crippen molar-refractivity contribution < 1.29 is 19.1 Å². The number of unbranched alkanes of at least 4 members (excludes halogenated alkanes) is 1. The van der Waals surface area contributed by atoms with Crippen molar-refractivity contribution in [3.05, 3.63) is 23.8 Å². The summed E-state index contributed by atoms with van der Waals surface area (Å²) < 4.78 is 10.8. The first-order chi connectivity index (χ1) is 14.4. The summed E-state index contributed by atoms with van der Waals surface area (Å²) in [6.45, 7) is 4.77. The number of amides is 2. The topological polar surface area (TPSA) is 67.9 Å². The van der Waals surface area contributed by atoms with Gasteiger partial charge in [-0.2, -0.15) is 0 Å². The number of benzene rings is 1. The van der Waals surface area contributed by atoms with Gasteiger partial charge in [-0.3, -0.25) is 9.59 Å². The van der Waals surface area contributed by atoms with Crippen LogP contribution in [-0.2, 0) is 9.59 Å². The molecule has 168 valence electrons. The van der Waals surface area contributed by atoms with Crippen molar-refractivity contribution in [1.29, 1.82) is 0 Å². The van der Waals surface area contributed by atoms with Crippen molar-refractivity contribution in [1.82, 2.24) is 10.2 Å². The number of carbonyl (C=O) groups is 2. The van der Waals surface area contributed by atoms with E-state index in [1.165, 1.54) is 0 Å². The van der Waals surface area contributed by atoms with Gasteiger partial charge in [0.2, 0.25) is 11.8 Å². The molecule has 0 heterocycles. The molecule has 0 spiro atoms. The molecule has 1 saturated carbocycles. The zero-order chi connectivity index (χ0) is 22.1. The molecular formula is C23H35ClN2O4. The molecule has 1 aliphatic rings. The minimum absolute atomic E-state index is 0.135. The van der Waals surface area contributed by atoms with E-state index in [2.05, 4.69) is 19.2 Å². The van der Waals surface area contributed by atoms with Crippen molar-refractivity contribution in [2.75, 3.05) is 26.6 Å². The molecule has 0 aliphatic heterocycles. The van der Waals surface area contributed by atoms with Gasteiger partial charge in [0.1, 0.15) is 11.9 Å². The molecule has 7 heteroatoms. The molecule has 2 rings (SSSR count). The second kappa shape index (κ2) is 12.0. The fraction of sp³-hybridized carbons (Fsp3) is 0.652. The van der Waals surface area contributed by atoms with E-state index in [-0.39, 0.29) is 23.7 Å². The summed E-state index contributed by atoms with van der Waals surface area (Å²) in [6, 6.07) is 4.72. The highest BCUT2D eigenvalue weighted by Gasteiger charge is 2.33. The quantitative estimate of drug-likeness (QED) is 0.553. The first kappa shape index (κ1) is 24.3. The molecule has 1 N–H and O–H groups in total. The van der Waals surface area contributed by atoms with Crippen molar-refractivity contribution in [3.8, 4) is 11.5 Å². The van der Waals surface area contributed by atoms with Gasteiger partial charge in [-0.15, -0.1) is 11.6 Å². The summed E-state index contributed by atoms with van der Waals surface area (Å²) in [5.41, 5.74) is 0.684. The Hall–Kier alpha value is -1.95. The van der Waals surface area contributed by atoms with E-state index in [9.17, 15) is 9.59 Å². The monoisotopic (exact) mass is 438 g/mol. The summed E-state index contributed by atoms with van der Waals surface area (Å²) >= 11 is 5.91. The Labute approximate surface area is 185 Å². The van der Waals surface area contributed by atoms with Crippen LogP contribution in [0.1, 0.15) is 64.0 Å². The van der Waals surface area contributed by atoms with Crippen LogP contribution < -0.4 is 14.8 Å². The van der Waals surface area contributed by atoms with E-state index >= 15 is 0 Å². The Bertz CT molecular complexity index is 704. The third kappa shape index (κ3) is 6.27. The van der Waals surface area contributed by atoms with Gasteiger partial charge in [-0.25, -0.2) is 0 Å². The zero-order valence-electron chi connectivity index (χ0n) is 18.6. The van der Waals surface area contributed by atoms with Crippen LogP contribution >= 0.6 is 11.6 Å². The predicted octanol–water partition coefficient (Wildman–Crippen LogP) is 4.31. The van der Waals surface area contributed by atoms with Crippen molar-refractivity contribution in [2.45, 2.75) is 64.5 Å². The maximum Gasteiger partial charge on any atom is 0.247 e. The lowest BCUT2D eigenvalue weighted by Crippen LogP contribution is -2.48. The Morgan fingerprint density at radius 1 is 1.17 bits per heavy atom. The zero-order valence-corrected chi connectivity index (χ0v) is 19.3. The van der Waals surface area contributed by atoms with Gasteiger partial charge in [0.25, 0.3) is 0 Å². The third-order valence-electron chi connectivity index (χ3n) is 5.83. The highest BCUT2D eigenvalue weighted by Crippen LogP contribution is 2.33. The highest BCUT2D eigenvalue weighted by atomic mass is 35.5. The largest absolute Gasteiger partial charge is 0.493 e. The van der Waals surface area contributed by atoms with Crippen LogP contribution in [0.15, 0.2) is 18.2 Å². The third-order valence-corrected chi connectivity index (χ3v) is 6.06. The van der Waals surface area contributed by atoms with Crippen LogP contribution in [-0.4, -0.2) is 49.4 Å². The van der Waals surface area contributed by atoms with E-state index in [1.54, 1.807) is 31.3 Å². The van der Waals surface area contributed by atoms with Gasteiger partial charge in [0.15, 0.2) is 11.5 Å². The van der Waals surface area contributed by atoms with Gasteiger partial charge in [-0.1, -0.05) is 26.3 Å². The molecule has 1 aliphatic carbocycles. The van der Waals surface area contributed by atoms with E-state index in [0.717, 1.165) is 38.5 Å². The summed E-state index contributed by atoms with van der Waals surface area (Å²) in [7, 11) is 3.12.